The van der Waals surface area contributed by atoms with E-state index in [1.807, 2.05) is 12.1 Å². The normalized spacial score (nSPS) is 16.0. The standard InChI is InChI=1S/C13H17NO2/c1-10-3-2-4-11(7-10)5-6-13(16)14-8-12(15)9-14/h2-4,7,12,15H,5-6,8-9H2,1H3. The molecule has 1 aliphatic rings. The van der Waals surface area contributed by atoms with Gasteiger partial charge >= 0.3 is 0 Å². The first kappa shape index (κ1) is 11.1. The second kappa shape index (κ2) is 4.66. The third-order valence-corrected chi connectivity index (χ3v) is 2.93. The van der Waals surface area contributed by atoms with Gasteiger partial charge in [-0.1, -0.05) is 29.8 Å². The molecular formula is C13H17NO2. The van der Waals surface area contributed by atoms with Crippen LogP contribution in [0.3, 0.4) is 0 Å². The van der Waals surface area contributed by atoms with E-state index in [2.05, 4.69) is 19.1 Å². The highest BCUT2D eigenvalue weighted by molar-refractivity contribution is 5.77. The van der Waals surface area contributed by atoms with Gasteiger partial charge in [-0.25, -0.2) is 0 Å². The van der Waals surface area contributed by atoms with Crippen molar-refractivity contribution in [1.29, 1.82) is 0 Å². The second-order valence-electron chi connectivity index (χ2n) is 4.44. The van der Waals surface area contributed by atoms with Crippen molar-refractivity contribution in [2.75, 3.05) is 13.1 Å². The molecule has 1 heterocycles. The first-order valence-corrected chi connectivity index (χ1v) is 5.66. The molecule has 1 saturated heterocycles. The van der Waals surface area contributed by atoms with Crippen molar-refractivity contribution < 1.29 is 9.90 Å². The quantitative estimate of drug-likeness (QED) is 0.828. The van der Waals surface area contributed by atoms with Crippen LogP contribution >= 0.6 is 0 Å². The molecular weight excluding hydrogens is 202 g/mol. The molecule has 0 aliphatic carbocycles. The SMILES string of the molecule is Cc1cccc(CCC(=O)N2CC(O)C2)c1. The molecule has 2 rings (SSSR count). The summed E-state index contributed by atoms with van der Waals surface area (Å²) in [6.45, 7) is 3.07. The summed E-state index contributed by atoms with van der Waals surface area (Å²) >= 11 is 0. The van der Waals surface area contributed by atoms with E-state index >= 15 is 0 Å². The molecule has 16 heavy (non-hydrogen) atoms. The third-order valence-electron chi connectivity index (χ3n) is 2.93. The number of nitrogens with zero attached hydrogens (tertiary/aromatic N) is 1. The summed E-state index contributed by atoms with van der Waals surface area (Å²) in [5.41, 5.74) is 2.43. The van der Waals surface area contributed by atoms with Crippen LogP contribution in [0.2, 0.25) is 0 Å². The molecule has 0 aromatic heterocycles. The molecule has 0 spiro atoms. The molecule has 1 aromatic carbocycles. The molecule has 86 valence electrons. The summed E-state index contributed by atoms with van der Waals surface area (Å²) in [5.74, 6) is 0.145. The van der Waals surface area contributed by atoms with E-state index in [4.69, 9.17) is 5.11 Å². The number of carbonyl (C=O) groups is 1. The van der Waals surface area contributed by atoms with Crippen LogP contribution in [0, 0.1) is 6.92 Å². The average Bonchev–Trinajstić information content (AvgIpc) is 2.22. The van der Waals surface area contributed by atoms with E-state index < -0.39 is 0 Å². The maximum Gasteiger partial charge on any atom is 0.223 e. The number of β-amino-alcohol motifs (C(OH)–C–C–N with tert-alkyl or cyclic N) is 1. The largest absolute Gasteiger partial charge is 0.389 e. The van der Waals surface area contributed by atoms with Crippen molar-refractivity contribution >= 4 is 5.91 Å². The molecule has 0 bridgehead atoms. The van der Waals surface area contributed by atoms with E-state index in [0.29, 0.717) is 19.5 Å². The van der Waals surface area contributed by atoms with Gasteiger partial charge in [-0.05, 0) is 18.9 Å². The molecule has 0 radical (unpaired) electrons. The Morgan fingerprint density at radius 3 is 2.88 bits per heavy atom. The number of benzene rings is 1. The average molecular weight is 219 g/mol. The fourth-order valence-corrected chi connectivity index (χ4v) is 1.94. The second-order valence-corrected chi connectivity index (χ2v) is 4.44. The molecule has 0 saturated carbocycles. The van der Waals surface area contributed by atoms with Gasteiger partial charge in [0.15, 0.2) is 0 Å². The summed E-state index contributed by atoms with van der Waals surface area (Å²) in [4.78, 5) is 13.4. The Hall–Kier alpha value is -1.35. The first-order valence-electron chi connectivity index (χ1n) is 5.66. The number of amides is 1. The van der Waals surface area contributed by atoms with E-state index in [-0.39, 0.29) is 12.0 Å². The van der Waals surface area contributed by atoms with Gasteiger partial charge in [-0.2, -0.15) is 0 Å². The highest BCUT2D eigenvalue weighted by Gasteiger charge is 2.27. The molecule has 3 heteroatoms. The summed E-state index contributed by atoms with van der Waals surface area (Å²) in [6.07, 6.45) is 1.02. The van der Waals surface area contributed by atoms with Gasteiger partial charge in [0.1, 0.15) is 0 Å². The topological polar surface area (TPSA) is 40.5 Å². The molecule has 0 unspecified atom stereocenters. The van der Waals surface area contributed by atoms with Crippen molar-refractivity contribution in [1.82, 2.24) is 4.90 Å². The van der Waals surface area contributed by atoms with E-state index in [1.54, 1.807) is 4.90 Å². The predicted octanol–water partition coefficient (Wildman–Crippen LogP) is 1.13. The van der Waals surface area contributed by atoms with Crippen molar-refractivity contribution in [3.05, 3.63) is 35.4 Å². The van der Waals surface area contributed by atoms with Gasteiger partial charge < -0.3 is 10.0 Å². The Balaban J connectivity index is 1.81. The van der Waals surface area contributed by atoms with Crippen LogP contribution in [0.25, 0.3) is 0 Å². The van der Waals surface area contributed by atoms with Gasteiger partial charge in [-0.3, -0.25) is 4.79 Å². The maximum atomic E-state index is 11.6. The molecule has 3 nitrogen and oxygen atoms in total. The summed E-state index contributed by atoms with van der Waals surface area (Å²) in [7, 11) is 0. The Kier molecular flexibility index (Phi) is 3.25. The molecule has 1 aromatic rings. The number of aliphatic hydroxyl groups excluding tert-OH is 1. The fourth-order valence-electron chi connectivity index (χ4n) is 1.94. The van der Waals surface area contributed by atoms with Crippen molar-refractivity contribution in [2.45, 2.75) is 25.9 Å². The van der Waals surface area contributed by atoms with Crippen LogP contribution in [-0.2, 0) is 11.2 Å². The summed E-state index contributed by atoms with van der Waals surface area (Å²) in [6, 6.07) is 8.23. The molecule has 1 amide bonds. The van der Waals surface area contributed by atoms with Crippen LogP contribution in [0.4, 0.5) is 0 Å². The van der Waals surface area contributed by atoms with Crippen LogP contribution in [0.15, 0.2) is 24.3 Å². The zero-order valence-corrected chi connectivity index (χ0v) is 9.52. The van der Waals surface area contributed by atoms with Gasteiger partial charge in [0.05, 0.1) is 6.10 Å². The number of aryl methyl sites for hydroxylation is 2. The zero-order valence-electron chi connectivity index (χ0n) is 9.52. The zero-order chi connectivity index (χ0) is 11.5. The van der Waals surface area contributed by atoms with Crippen molar-refractivity contribution in [3.63, 3.8) is 0 Å². The highest BCUT2D eigenvalue weighted by atomic mass is 16.3. The minimum Gasteiger partial charge on any atom is -0.389 e. The first-order chi connectivity index (χ1) is 7.65. The van der Waals surface area contributed by atoms with Crippen molar-refractivity contribution in [2.24, 2.45) is 0 Å². The smallest absolute Gasteiger partial charge is 0.223 e. The van der Waals surface area contributed by atoms with Crippen LogP contribution in [0.1, 0.15) is 17.5 Å². The van der Waals surface area contributed by atoms with Gasteiger partial charge in [0, 0.05) is 19.5 Å². The minimum absolute atomic E-state index is 0.145. The minimum atomic E-state index is -0.303. The lowest BCUT2D eigenvalue weighted by Crippen LogP contribution is -2.53. The number of carbonyl (C=O) groups excluding carboxylic acids is 1. The molecule has 1 aliphatic heterocycles. The van der Waals surface area contributed by atoms with Gasteiger partial charge in [0.2, 0.25) is 5.91 Å². The molecule has 0 atom stereocenters. The summed E-state index contributed by atoms with van der Waals surface area (Å²) in [5, 5.41) is 9.09. The molecule has 1 N–H and O–H groups in total. The van der Waals surface area contributed by atoms with Crippen LogP contribution < -0.4 is 0 Å². The predicted molar refractivity (Wildman–Crippen MR) is 62.1 cm³/mol. The highest BCUT2D eigenvalue weighted by Crippen LogP contribution is 2.12. The summed E-state index contributed by atoms with van der Waals surface area (Å²) < 4.78 is 0. The lowest BCUT2D eigenvalue weighted by molar-refractivity contribution is -0.141. The molecule has 1 fully saturated rings. The Bertz CT molecular complexity index is 383. The third kappa shape index (κ3) is 2.61. The van der Waals surface area contributed by atoms with Crippen LogP contribution in [0.5, 0.6) is 0 Å². The number of hydrogen-bond acceptors (Lipinski definition) is 2. The van der Waals surface area contributed by atoms with E-state index in [1.165, 1.54) is 11.1 Å². The maximum absolute atomic E-state index is 11.6. The monoisotopic (exact) mass is 219 g/mol. The van der Waals surface area contributed by atoms with Crippen LogP contribution in [-0.4, -0.2) is 35.1 Å². The number of likely N-dealkylation sites (tertiary alicyclic amines) is 1. The number of aliphatic hydroxyl groups is 1. The van der Waals surface area contributed by atoms with E-state index in [0.717, 1.165) is 6.42 Å². The number of rotatable bonds is 3. The van der Waals surface area contributed by atoms with Gasteiger partial charge in [0.25, 0.3) is 0 Å². The lowest BCUT2D eigenvalue weighted by atomic mass is 10.1. The Morgan fingerprint density at radius 1 is 1.50 bits per heavy atom. The van der Waals surface area contributed by atoms with Crippen molar-refractivity contribution in [3.8, 4) is 0 Å². The fraction of sp³-hybridized carbons (Fsp3) is 0.462. The Labute approximate surface area is 95.7 Å². The number of hydrogen-bond donors (Lipinski definition) is 1. The van der Waals surface area contributed by atoms with E-state index in [9.17, 15) is 4.79 Å². The Morgan fingerprint density at radius 2 is 2.25 bits per heavy atom. The van der Waals surface area contributed by atoms with Gasteiger partial charge in [-0.15, -0.1) is 0 Å². The lowest BCUT2D eigenvalue weighted by Gasteiger charge is -2.35.